The highest BCUT2D eigenvalue weighted by Gasteiger charge is 2.15. The van der Waals surface area contributed by atoms with E-state index in [2.05, 4.69) is 33.6 Å². The van der Waals surface area contributed by atoms with Gasteiger partial charge in [-0.3, -0.25) is 4.98 Å². The summed E-state index contributed by atoms with van der Waals surface area (Å²) in [6.45, 7) is 5.59. The fraction of sp³-hybridized carbons (Fsp3) is 0.643. The molecule has 4 nitrogen and oxygen atoms in total. The van der Waals surface area contributed by atoms with Crippen molar-refractivity contribution in [2.24, 2.45) is 0 Å². The van der Waals surface area contributed by atoms with E-state index in [-0.39, 0.29) is 0 Å². The van der Waals surface area contributed by atoms with E-state index in [1.165, 1.54) is 25.1 Å². The molecule has 2 rings (SSSR count). The molecule has 0 saturated carbocycles. The van der Waals surface area contributed by atoms with Gasteiger partial charge in [-0.25, -0.2) is 0 Å². The second-order valence-corrected chi connectivity index (χ2v) is 5.06. The molecule has 1 aromatic rings. The highest BCUT2D eigenvalue weighted by molar-refractivity contribution is 5.08. The van der Waals surface area contributed by atoms with Gasteiger partial charge in [-0.2, -0.15) is 0 Å². The predicted molar refractivity (Wildman–Crippen MR) is 74.7 cm³/mol. The lowest BCUT2D eigenvalue weighted by molar-refractivity contribution is 0.231. The normalized spacial score (nSPS) is 21.1. The number of rotatable bonds is 6. The molecular weight excluding hydrogens is 224 g/mol. The summed E-state index contributed by atoms with van der Waals surface area (Å²) in [4.78, 5) is 6.52. The van der Waals surface area contributed by atoms with Crippen LogP contribution in [0.15, 0.2) is 24.5 Å². The number of hydrogen-bond donors (Lipinski definition) is 2. The highest BCUT2D eigenvalue weighted by Crippen LogP contribution is 2.00. The summed E-state index contributed by atoms with van der Waals surface area (Å²) in [5.74, 6) is 0. The molecule has 1 aromatic heterocycles. The van der Waals surface area contributed by atoms with Crippen LogP contribution in [0.2, 0.25) is 0 Å². The van der Waals surface area contributed by atoms with E-state index in [0.29, 0.717) is 6.04 Å². The number of nitrogens with zero attached hydrogens (tertiary/aromatic N) is 2. The molecule has 0 amide bonds. The van der Waals surface area contributed by atoms with Gasteiger partial charge in [-0.05, 0) is 44.6 Å². The van der Waals surface area contributed by atoms with Crippen molar-refractivity contribution in [2.45, 2.75) is 18.9 Å². The van der Waals surface area contributed by atoms with Gasteiger partial charge >= 0.3 is 0 Å². The van der Waals surface area contributed by atoms with Crippen molar-refractivity contribution in [1.82, 2.24) is 20.5 Å². The Labute approximate surface area is 110 Å². The van der Waals surface area contributed by atoms with Crippen molar-refractivity contribution in [3.05, 3.63) is 30.1 Å². The van der Waals surface area contributed by atoms with Crippen molar-refractivity contribution in [2.75, 3.05) is 39.8 Å². The number of likely N-dealkylation sites (N-methyl/N-ethyl adjacent to an activating group) is 1. The lowest BCUT2D eigenvalue weighted by atomic mass is 10.1. The van der Waals surface area contributed by atoms with Gasteiger partial charge < -0.3 is 15.5 Å². The van der Waals surface area contributed by atoms with Crippen molar-refractivity contribution < 1.29 is 0 Å². The van der Waals surface area contributed by atoms with Gasteiger partial charge in [-0.15, -0.1) is 0 Å². The molecule has 0 aliphatic carbocycles. The lowest BCUT2D eigenvalue weighted by Crippen LogP contribution is -2.49. The standard InChI is InChI=1S/C14H24N4/c1-18-10-9-17-14(12-18)5-8-15-7-4-13-3-2-6-16-11-13/h2-3,6,11,14-15,17H,4-5,7-10,12H2,1H3. The highest BCUT2D eigenvalue weighted by atomic mass is 15.2. The monoisotopic (exact) mass is 248 g/mol. The minimum absolute atomic E-state index is 0.648. The molecule has 0 aromatic carbocycles. The predicted octanol–water partition coefficient (Wildman–Crippen LogP) is 0.507. The topological polar surface area (TPSA) is 40.2 Å². The molecule has 1 saturated heterocycles. The van der Waals surface area contributed by atoms with E-state index >= 15 is 0 Å². The molecule has 2 heterocycles. The maximum Gasteiger partial charge on any atom is 0.0300 e. The Morgan fingerprint density at radius 3 is 3.22 bits per heavy atom. The molecule has 100 valence electrons. The van der Waals surface area contributed by atoms with E-state index in [9.17, 15) is 0 Å². The van der Waals surface area contributed by atoms with Crippen LogP contribution < -0.4 is 10.6 Å². The van der Waals surface area contributed by atoms with Crippen molar-refractivity contribution >= 4 is 0 Å². The molecule has 1 fully saturated rings. The average molecular weight is 248 g/mol. The molecular formula is C14H24N4. The molecule has 1 atom stereocenters. The van der Waals surface area contributed by atoms with Crippen LogP contribution in [0.3, 0.4) is 0 Å². The molecule has 0 bridgehead atoms. The van der Waals surface area contributed by atoms with Gasteiger partial charge in [-0.1, -0.05) is 6.07 Å². The van der Waals surface area contributed by atoms with Crippen molar-refractivity contribution in [3.8, 4) is 0 Å². The first kappa shape index (κ1) is 13.5. The Hall–Kier alpha value is -0.970. The van der Waals surface area contributed by atoms with Gasteiger partial charge in [0.15, 0.2) is 0 Å². The van der Waals surface area contributed by atoms with Gasteiger partial charge in [0.05, 0.1) is 0 Å². The van der Waals surface area contributed by atoms with Crippen LogP contribution in [-0.4, -0.2) is 55.7 Å². The van der Waals surface area contributed by atoms with Crippen LogP contribution in [0.1, 0.15) is 12.0 Å². The third-order valence-electron chi connectivity index (χ3n) is 3.44. The smallest absolute Gasteiger partial charge is 0.0300 e. The van der Waals surface area contributed by atoms with E-state index in [4.69, 9.17) is 0 Å². The first-order chi connectivity index (χ1) is 8.84. The summed E-state index contributed by atoms with van der Waals surface area (Å²) >= 11 is 0. The number of hydrogen-bond acceptors (Lipinski definition) is 4. The van der Waals surface area contributed by atoms with E-state index < -0.39 is 0 Å². The Morgan fingerprint density at radius 2 is 2.44 bits per heavy atom. The summed E-state index contributed by atoms with van der Waals surface area (Å²) in [5, 5.41) is 7.08. The zero-order valence-corrected chi connectivity index (χ0v) is 11.2. The number of aromatic nitrogens is 1. The zero-order chi connectivity index (χ0) is 12.6. The molecule has 4 heteroatoms. The molecule has 2 N–H and O–H groups in total. The summed E-state index contributed by atoms with van der Waals surface area (Å²) < 4.78 is 0. The maximum atomic E-state index is 4.12. The van der Waals surface area contributed by atoms with Crippen LogP contribution >= 0.6 is 0 Å². The average Bonchev–Trinajstić information content (AvgIpc) is 2.40. The summed E-state index contributed by atoms with van der Waals surface area (Å²) in [7, 11) is 2.20. The minimum atomic E-state index is 0.648. The third kappa shape index (κ3) is 4.72. The van der Waals surface area contributed by atoms with Crippen LogP contribution in [0.5, 0.6) is 0 Å². The molecule has 1 unspecified atom stereocenters. The summed E-state index contributed by atoms with van der Waals surface area (Å²) in [6.07, 6.45) is 6.03. The van der Waals surface area contributed by atoms with Crippen molar-refractivity contribution in [1.29, 1.82) is 0 Å². The number of pyridine rings is 1. The molecule has 18 heavy (non-hydrogen) atoms. The molecule has 0 spiro atoms. The maximum absolute atomic E-state index is 4.12. The Bertz CT molecular complexity index is 328. The van der Waals surface area contributed by atoms with Crippen LogP contribution in [0, 0.1) is 0 Å². The van der Waals surface area contributed by atoms with Crippen LogP contribution in [0.4, 0.5) is 0 Å². The van der Waals surface area contributed by atoms with Gasteiger partial charge in [0.2, 0.25) is 0 Å². The quantitative estimate of drug-likeness (QED) is 0.720. The first-order valence-electron chi connectivity index (χ1n) is 6.86. The largest absolute Gasteiger partial charge is 0.316 e. The number of piperazine rings is 1. The fourth-order valence-corrected chi connectivity index (χ4v) is 2.36. The molecule has 1 aliphatic rings. The fourth-order valence-electron chi connectivity index (χ4n) is 2.36. The molecule has 1 aliphatic heterocycles. The van der Waals surface area contributed by atoms with E-state index in [1.807, 2.05) is 18.5 Å². The summed E-state index contributed by atoms with van der Waals surface area (Å²) in [6, 6.07) is 4.78. The SMILES string of the molecule is CN1CCNC(CCNCCc2cccnc2)C1. The third-order valence-corrected chi connectivity index (χ3v) is 3.44. The molecule has 0 radical (unpaired) electrons. The second-order valence-electron chi connectivity index (χ2n) is 5.06. The van der Waals surface area contributed by atoms with Gasteiger partial charge in [0.25, 0.3) is 0 Å². The minimum Gasteiger partial charge on any atom is -0.316 e. The van der Waals surface area contributed by atoms with Crippen molar-refractivity contribution in [3.63, 3.8) is 0 Å². The van der Waals surface area contributed by atoms with E-state index in [1.54, 1.807) is 0 Å². The first-order valence-corrected chi connectivity index (χ1v) is 6.86. The van der Waals surface area contributed by atoms with Crippen LogP contribution in [-0.2, 0) is 6.42 Å². The lowest BCUT2D eigenvalue weighted by Gasteiger charge is -2.30. The summed E-state index contributed by atoms with van der Waals surface area (Å²) in [5.41, 5.74) is 1.31. The van der Waals surface area contributed by atoms with E-state index in [0.717, 1.165) is 26.1 Å². The number of nitrogens with one attached hydrogen (secondary N) is 2. The zero-order valence-electron chi connectivity index (χ0n) is 11.2. The Balaban J connectivity index is 1.53. The van der Waals surface area contributed by atoms with Crippen LogP contribution in [0.25, 0.3) is 0 Å². The van der Waals surface area contributed by atoms with Gasteiger partial charge in [0, 0.05) is 38.1 Å². The Kier molecular flexibility index (Phi) is 5.58. The second kappa shape index (κ2) is 7.46. The van der Waals surface area contributed by atoms with Gasteiger partial charge in [0.1, 0.15) is 0 Å². The Morgan fingerprint density at radius 1 is 1.50 bits per heavy atom.